The fourth-order valence-corrected chi connectivity index (χ4v) is 4.09. The average Bonchev–Trinajstić information content (AvgIpc) is 3.04. The van der Waals surface area contributed by atoms with Crippen LogP contribution in [0.3, 0.4) is 0 Å². The predicted molar refractivity (Wildman–Crippen MR) is 83.3 cm³/mol. The molecule has 1 aliphatic carbocycles. The second-order valence-electron chi connectivity index (χ2n) is 7.06. The van der Waals surface area contributed by atoms with E-state index >= 15 is 0 Å². The molecule has 5 nitrogen and oxygen atoms in total. The van der Waals surface area contributed by atoms with Gasteiger partial charge in [0.15, 0.2) is 0 Å². The maximum atomic E-state index is 12.5. The largest absolute Gasteiger partial charge is 0.493 e. The molecule has 1 saturated carbocycles. The Morgan fingerprint density at radius 1 is 1.30 bits per heavy atom. The number of hydrogen-bond acceptors (Lipinski definition) is 3. The van der Waals surface area contributed by atoms with E-state index in [9.17, 15) is 9.59 Å². The molecule has 5 heteroatoms. The van der Waals surface area contributed by atoms with Crippen molar-refractivity contribution in [3.63, 3.8) is 0 Å². The van der Waals surface area contributed by atoms with Crippen LogP contribution in [0.2, 0.25) is 0 Å². The van der Waals surface area contributed by atoms with Gasteiger partial charge in [0, 0.05) is 19.5 Å². The van der Waals surface area contributed by atoms with Gasteiger partial charge in [-0.1, -0.05) is 12.1 Å². The van der Waals surface area contributed by atoms with Gasteiger partial charge in [0.25, 0.3) is 0 Å². The highest BCUT2D eigenvalue weighted by molar-refractivity contribution is 5.79. The molecule has 0 unspecified atom stereocenters. The molecule has 2 fully saturated rings. The summed E-state index contributed by atoms with van der Waals surface area (Å²) in [6.45, 7) is 2.11. The van der Waals surface area contributed by atoms with E-state index in [-0.39, 0.29) is 17.2 Å². The van der Waals surface area contributed by atoms with E-state index in [1.807, 2.05) is 17.0 Å². The second-order valence-corrected chi connectivity index (χ2v) is 7.06. The number of ether oxygens (including phenoxy) is 1. The summed E-state index contributed by atoms with van der Waals surface area (Å²) in [7, 11) is 0. The van der Waals surface area contributed by atoms with Gasteiger partial charge in [0.1, 0.15) is 5.75 Å². The number of fused-ring (bicyclic) bond motifs is 1. The summed E-state index contributed by atoms with van der Waals surface area (Å²) in [6, 6.07) is 6.00. The van der Waals surface area contributed by atoms with Crippen molar-refractivity contribution >= 4 is 11.9 Å². The number of hydrogen-bond donors (Lipinski definition) is 1. The van der Waals surface area contributed by atoms with E-state index in [2.05, 4.69) is 6.07 Å². The van der Waals surface area contributed by atoms with Crippen molar-refractivity contribution in [1.29, 1.82) is 0 Å². The maximum absolute atomic E-state index is 12.5. The summed E-state index contributed by atoms with van der Waals surface area (Å²) in [4.78, 5) is 25.5. The Bertz CT molecular complexity index is 661. The molecule has 2 aliphatic heterocycles. The molecule has 1 saturated heterocycles. The van der Waals surface area contributed by atoms with Crippen molar-refractivity contribution in [3.8, 4) is 5.75 Å². The van der Waals surface area contributed by atoms with Gasteiger partial charge in [0.2, 0.25) is 5.91 Å². The lowest BCUT2D eigenvalue weighted by Crippen LogP contribution is -2.40. The molecule has 0 bridgehead atoms. The Morgan fingerprint density at radius 2 is 2.09 bits per heavy atom. The van der Waals surface area contributed by atoms with E-state index in [4.69, 9.17) is 9.84 Å². The van der Waals surface area contributed by atoms with Gasteiger partial charge in [-0.15, -0.1) is 0 Å². The standard InChI is InChI=1S/C18H21NO4/c20-16(10-12-1-2-15-13(9-12)3-8-23-15)19-6-4-18(5-7-19)11-14(18)17(21)22/h1-2,9,14H,3-8,10-11H2,(H,21,22)/t14-/m0/s1. The van der Waals surface area contributed by atoms with E-state index in [0.29, 0.717) is 19.5 Å². The Hall–Kier alpha value is -2.04. The molecular weight excluding hydrogens is 294 g/mol. The zero-order valence-electron chi connectivity index (χ0n) is 13.1. The van der Waals surface area contributed by atoms with E-state index < -0.39 is 5.97 Å². The second kappa shape index (κ2) is 5.25. The van der Waals surface area contributed by atoms with Gasteiger partial charge < -0.3 is 14.7 Å². The molecule has 2 heterocycles. The number of carbonyl (C=O) groups excluding carboxylic acids is 1. The van der Waals surface area contributed by atoms with Crippen LogP contribution in [0, 0.1) is 11.3 Å². The number of piperidine rings is 1. The first kappa shape index (κ1) is 14.5. The van der Waals surface area contributed by atoms with E-state index in [0.717, 1.165) is 43.6 Å². The van der Waals surface area contributed by atoms with Gasteiger partial charge in [0.05, 0.1) is 18.9 Å². The lowest BCUT2D eigenvalue weighted by Gasteiger charge is -2.32. The number of benzene rings is 1. The topological polar surface area (TPSA) is 66.8 Å². The minimum Gasteiger partial charge on any atom is -0.493 e. The van der Waals surface area contributed by atoms with Crippen LogP contribution in [0.4, 0.5) is 0 Å². The fourth-order valence-electron chi connectivity index (χ4n) is 4.09. The summed E-state index contributed by atoms with van der Waals surface area (Å²) in [6.07, 6.45) is 3.78. The van der Waals surface area contributed by atoms with Crippen LogP contribution in [-0.2, 0) is 22.4 Å². The number of carboxylic acid groups (broad SMARTS) is 1. The Morgan fingerprint density at radius 3 is 2.78 bits per heavy atom. The number of likely N-dealkylation sites (tertiary alicyclic amines) is 1. The Labute approximate surface area is 135 Å². The third kappa shape index (κ3) is 2.58. The first-order valence-electron chi connectivity index (χ1n) is 8.33. The Balaban J connectivity index is 1.35. The van der Waals surface area contributed by atoms with Crippen LogP contribution in [0.15, 0.2) is 18.2 Å². The lowest BCUT2D eigenvalue weighted by molar-refractivity contribution is -0.139. The van der Waals surface area contributed by atoms with Crippen molar-refractivity contribution < 1.29 is 19.4 Å². The summed E-state index contributed by atoms with van der Waals surface area (Å²) in [5.74, 6) is 0.224. The summed E-state index contributed by atoms with van der Waals surface area (Å²) < 4.78 is 5.49. The molecule has 1 atom stereocenters. The van der Waals surface area contributed by atoms with Crippen LogP contribution in [-0.4, -0.2) is 41.6 Å². The highest BCUT2D eigenvalue weighted by atomic mass is 16.5. The van der Waals surface area contributed by atoms with Gasteiger partial charge in [-0.05, 0) is 41.9 Å². The lowest BCUT2D eigenvalue weighted by atomic mass is 9.90. The quantitative estimate of drug-likeness (QED) is 0.925. The molecule has 1 spiro atoms. The van der Waals surface area contributed by atoms with Crippen LogP contribution >= 0.6 is 0 Å². The minimum atomic E-state index is -0.676. The van der Waals surface area contributed by atoms with Gasteiger partial charge in [-0.25, -0.2) is 0 Å². The van der Waals surface area contributed by atoms with Gasteiger partial charge >= 0.3 is 5.97 Å². The predicted octanol–water partition coefficient (Wildman–Crippen LogP) is 1.88. The molecule has 1 aromatic carbocycles. The highest BCUT2D eigenvalue weighted by Gasteiger charge is 2.59. The first-order chi connectivity index (χ1) is 11.1. The smallest absolute Gasteiger partial charge is 0.307 e. The third-order valence-corrected chi connectivity index (χ3v) is 5.71. The number of carboxylic acids is 1. The molecule has 1 aromatic rings. The SMILES string of the molecule is O=C(O)[C@@H]1CC12CCN(C(=O)Cc1ccc3c(c1)CCO3)CC2. The molecule has 0 aromatic heterocycles. The van der Waals surface area contributed by atoms with Crippen LogP contribution < -0.4 is 4.74 Å². The summed E-state index contributed by atoms with van der Waals surface area (Å²) >= 11 is 0. The molecule has 1 N–H and O–H groups in total. The number of carbonyl (C=O) groups is 2. The highest BCUT2D eigenvalue weighted by Crippen LogP contribution is 2.59. The third-order valence-electron chi connectivity index (χ3n) is 5.71. The monoisotopic (exact) mass is 315 g/mol. The van der Waals surface area contributed by atoms with Crippen LogP contribution in [0.1, 0.15) is 30.4 Å². The van der Waals surface area contributed by atoms with Crippen molar-refractivity contribution in [1.82, 2.24) is 4.90 Å². The number of amides is 1. The summed E-state index contributed by atoms with van der Waals surface area (Å²) in [5.41, 5.74) is 2.21. The molecule has 4 rings (SSSR count). The van der Waals surface area contributed by atoms with Crippen molar-refractivity contribution in [2.75, 3.05) is 19.7 Å². The molecule has 0 radical (unpaired) electrons. The van der Waals surface area contributed by atoms with Gasteiger partial charge in [-0.2, -0.15) is 0 Å². The molecule has 122 valence electrons. The summed E-state index contributed by atoms with van der Waals surface area (Å²) in [5, 5.41) is 9.13. The number of rotatable bonds is 3. The van der Waals surface area contributed by atoms with Crippen molar-refractivity contribution in [3.05, 3.63) is 29.3 Å². The van der Waals surface area contributed by atoms with E-state index in [1.165, 1.54) is 5.56 Å². The average molecular weight is 315 g/mol. The van der Waals surface area contributed by atoms with Crippen molar-refractivity contribution in [2.45, 2.75) is 32.1 Å². The molecule has 3 aliphatic rings. The molecule has 23 heavy (non-hydrogen) atoms. The van der Waals surface area contributed by atoms with E-state index in [1.54, 1.807) is 0 Å². The van der Waals surface area contributed by atoms with Crippen LogP contribution in [0.25, 0.3) is 0 Å². The maximum Gasteiger partial charge on any atom is 0.307 e. The minimum absolute atomic E-state index is 0.0203. The van der Waals surface area contributed by atoms with Crippen molar-refractivity contribution in [2.24, 2.45) is 11.3 Å². The van der Waals surface area contributed by atoms with Crippen LogP contribution in [0.5, 0.6) is 5.75 Å². The normalized spacial score (nSPS) is 24.2. The molecule has 1 amide bonds. The number of nitrogens with zero attached hydrogens (tertiary/aromatic N) is 1. The zero-order chi connectivity index (χ0) is 16.0. The number of aliphatic carboxylic acids is 1. The zero-order valence-corrected chi connectivity index (χ0v) is 13.1. The van der Waals surface area contributed by atoms with Gasteiger partial charge in [-0.3, -0.25) is 9.59 Å². The fraction of sp³-hybridized carbons (Fsp3) is 0.556. The molecular formula is C18H21NO4. The first-order valence-corrected chi connectivity index (χ1v) is 8.33. The Kier molecular flexibility index (Phi) is 3.32.